The van der Waals surface area contributed by atoms with Crippen molar-refractivity contribution in [3.8, 4) is 11.3 Å². The molecule has 1 unspecified atom stereocenters. The van der Waals surface area contributed by atoms with E-state index in [0.29, 0.717) is 21.4 Å². The first-order valence-electron chi connectivity index (χ1n) is 7.93. The quantitative estimate of drug-likeness (QED) is 0.329. The highest BCUT2D eigenvalue weighted by Crippen LogP contribution is 2.29. The first-order chi connectivity index (χ1) is 12.3. The SMILES string of the molecule is CC(C)(C)[S+]([O-])N=Cc1cc2cccc(Cl)c2nc1-c1ccc(Cl)nc1. The lowest BCUT2D eigenvalue weighted by Gasteiger charge is -2.18. The van der Waals surface area contributed by atoms with E-state index in [1.54, 1.807) is 24.5 Å². The maximum atomic E-state index is 12.3. The standard InChI is InChI=1S/C19H17Cl2N3OS/c1-19(2,3)26(25)23-11-14-9-12-5-4-6-15(20)18(12)24-17(14)13-7-8-16(21)22-10-13/h4-11H,1-3H3. The number of halogens is 2. The summed E-state index contributed by atoms with van der Waals surface area (Å²) in [5.41, 5.74) is 2.86. The highest BCUT2D eigenvalue weighted by Gasteiger charge is 2.26. The number of aromatic nitrogens is 2. The first-order valence-corrected chi connectivity index (χ1v) is 9.79. The molecule has 3 aromatic rings. The number of benzene rings is 1. The summed E-state index contributed by atoms with van der Waals surface area (Å²) in [6.45, 7) is 5.63. The van der Waals surface area contributed by atoms with Crippen LogP contribution in [0, 0.1) is 0 Å². The second-order valence-electron chi connectivity index (χ2n) is 6.70. The van der Waals surface area contributed by atoms with Crippen LogP contribution in [0.15, 0.2) is 47.0 Å². The molecule has 1 atom stereocenters. The van der Waals surface area contributed by atoms with Crippen LogP contribution in [0.25, 0.3) is 22.2 Å². The fourth-order valence-corrected chi connectivity index (χ4v) is 3.15. The van der Waals surface area contributed by atoms with Gasteiger partial charge in [0.05, 0.1) is 22.4 Å². The van der Waals surface area contributed by atoms with Gasteiger partial charge >= 0.3 is 0 Å². The van der Waals surface area contributed by atoms with Crippen molar-refractivity contribution >= 4 is 51.7 Å². The molecule has 0 aliphatic heterocycles. The van der Waals surface area contributed by atoms with Crippen molar-refractivity contribution in [2.24, 2.45) is 4.40 Å². The van der Waals surface area contributed by atoms with Crippen molar-refractivity contribution in [3.05, 3.63) is 58.3 Å². The summed E-state index contributed by atoms with van der Waals surface area (Å²) in [7, 11) is 0. The number of hydrogen-bond donors (Lipinski definition) is 0. The van der Waals surface area contributed by atoms with E-state index in [2.05, 4.69) is 9.38 Å². The van der Waals surface area contributed by atoms with Crippen LogP contribution in [-0.4, -0.2) is 25.5 Å². The molecule has 3 rings (SSSR count). The second kappa shape index (κ2) is 7.53. The molecular formula is C19H17Cl2N3OS. The molecule has 0 aliphatic rings. The lowest BCUT2D eigenvalue weighted by Crippen LogP contribution is -2.25. The van der Waals surface area contributed by atoms with E-state index >= 15 is 0 Å². The molecular weight excluding hydrogens is 389 g/mol. The van der Waals surface area contributed by atoms with Crippen molar-refractivity contribution in [1.29, 1.82) is 0 Å². The minimum Gasteiger partial charge on any atom is -0.591 e. The molecule has 4 nitrogen and oxygen atoms in total. The molecule has 0 N–H and O–H groups in total. The number of para-hydroxylation sites is 1. The van der Waals surface area contributed by atoms with Gasteiger partial charge < -0.3 is 4.55 Å². The van der Waals surface area contributed by atoms with E-state index in [1.165, 1.54) is 0 Å². The van der Waals surface area contributed by atoms with Crippen LogP contribution >= 0.6 is 23.2 Å². The van der Waals surface area contributed by atoms with Gasteiger partial charge in [-0.15, -0.1) is 0 Å². The molecule has 0 saturated heterocycles. The molecule has 0 saturated carbocycles. The van der Waals surface area contributed by atoms with E-state index in [1.807, 2.05) is 45.0 Å². The monoisotopic (exact) mass is 405 g/mol. The lowest BCUT2D eigenvalue weighted by molar-refractivity contribution is 0.562. The lowest BCUT2D eigenvalue weighted by atomic mass is 10.1. The summed E-state index contributed by atoms with van der Waals surface area (Å²) in [6.07, 6.45) is 3.24. The molecule has 0 aliphatic carbocycles. The number of nitrogens with zero attached hydrogens (tertiary/aromatic N) is 3. The normalized spacial score (nSPS) is 13.5. The molecule has 0 fully saturated rings. The summed E-state index contributed by atoms with van der Waals surface area (Å²) in [5.74, 6) is 0. The summed E-state index contributed by atoms with van der Waals surface area (Å²) >= 11 is 10.8. The van der Waals surface area contributed by atoms with Gasteiger partial charge in [-0.2, -0.15) is 0 Å². The Kier molecular flexibility index (Phi) is 5.53. The molecule has 1 aromatic carbocycles. The second-order valence-corrected chi connectivity index (χ2v) is 9.43. The Morgan fingerprint density at radius 1 is 1.15 bits per heavy atom. The predicted molar refractivity (Wildman–Crippen MR) is 110 cm³/mol. The van der Waals surface area contributed by atoms with Crippen LogP contribution in [0.1, 0.15) is 26.3 Å². The number of rotatable bonds is 3. The van der Waals surface area contributed by atoms with Crippen LogP contribution in [0.4, 0.5) is 0 Å². The van der Waals surface area contributed by atoms with E-state index in [9.17, 15) is 4.55 Å². The van der Waals surface area contributed by atoms with Gasteiger partial charge in [-0.05, 0) is 45.0 Å². The molecule has 134 valence electrons. The van der Waals surface area contributed by atoms with Gasteiger partial charge in [0.25, 0.3) is 0 Å². The van der Waals surface area contributed by atoms with Gasteiger partial charge in [-0.25, -0.2) is 9.97 Å². The smallest absolute Gasteiger partial charge is 0.144 e. The number of pyridine rings is 2. The zero-order valence-corrected chi connectivity index (χ0v) is 16.9. The zero-order chi connectivity index (χ0) is 18.9. The Morgan fingerprint density at radius 2 is 1.92 bits per heavy atom. The van der Waals surface area contributed by atoms with Crippen LogP contribution in [0.3, 0.4) is 0 Å². The van der Waals surface area contributed by atoms with Gasteiger partial charge in [0.2, 0.25) is 0 Å². The Bertz CT molecular complexity index is 969. The maximum Gasteiger partial charge on any atom is 0.144 e. The summed E-state index contributed by atoms with van der Waals surface area (Å²) in [5, 5.41) is 1.84. The molecule has 7 heteroatoms. The van der Waals surface area contributed by atoms with Gasteiger partial charge in [-0.3, -0.25) is 0 Å². The third-order valence-corrected chi connectivity index (χ3v) is 5.51. The fraction of sp³-hybridized carbons (Fsp3) is 0.211. The molecule has 2 heterocycles. The highest BCUT2D eigenvalue weighted by atomic mass is 35.5. The van der Waals surface area contributed by atoms with Crippen LogP contribution in [0.5, 0.6) is 0 Å². The van der Waals surface area contributed by atoms with Crippen LogP contribution < -0.4 is 0 Å². The van der Waals surface area contributed by atoms with Gasteiger partial charge in [0.1, 0.15) is 21.3 Å². The van der Waals surface area contributed by atoms with Crippen molar-refractivity contribution in [2.45, 2.75) is 25.5 Å². The molecule has 0 bridgehead atoms. The highest BCUT2D eigenvalue weighted by molar-refractivity contribution is 7.91. The first kappa shape index (κ1) is 19.1. The van der Waals surface area contributed by atoms with E-state index in [4.69, 9.17) is 28.2 Å². The fourth-order valence-electron chi connectivity index (χ4n) is 2.29. The number of fused-ring (bicyclic) bond motifs is 1. The molecule has 2 aromatic heterocycles. The Hall–Kier alpha value is -1.66. The largest absolute Gasteiger partial charge is 0.591 e. The Balaban J connectivity index is 2.17. The summed E-state index contributed by atoms with van der Waals surface area (Å²) < 4.78 is 16.1. The number of hydrogen-bond acceptors (Lipinski definition) is 4. The molecule has 26 heavy (non-hydrogen) atoms. The van der Waals surface area contributed by atoms with Crippen molar-refractivity contribution in [1.82, 2.24) is 9.97 Å². The van der Waals surface area contributed by atoms with Gasteiger partial charge in [-0.1, -0.05) is 39.7 Å². The van der Waals surface area contributed by atoms with Gasteiger partial charge in [0, 0.05) is 22.7 Å². The van der Waals surface area contributed by atoms with E-state index in [0.717, 1.165) is 16.5 Å². The predicted octanol–water partition coefficient (Wildman–Crippen LogP) is 5.48. The Morgan fingerprint density at radius 3 is 2.58 bits per heavy atom. The van der Waals surface area contributed by atoms with Crippen molar-refractivity contribution in [2.75, 3.05) is 0 Å². The van der Waals surface area contributed by atoms with Crippen molar-refractivity contribution in [3.63, 3.8) is 0 Å². The van der Waals surface area contributed by atoms with E-state index < -0.39 is 16.1 Å². The Labute approximate surface area is 165 Å². The summed E-state index contributed by atoms with van der Waals surface area (Å²) in [6, 6.07) is 11.0. The zero-order valence-electron chi connectivity index (χ0n) is 14.5. The van der Waals surface area contributed by atoms with E-state index in [-0.39, 0.29) is 0 Å². The third kappa shape index (κ3) is 4.18. The molecule has 0 radical (unpaired) electrons. The maximum absolute atomic E-state index is 12.3. The summed E-state index contributed by atoms with van der Waals surface area (Å²) in [4.78, 5) is 8.83. The topological polar surface area (TPSA) is 61.2 Å². The van der Waals surface area contributed by atoms with Crippen LogP contribution in [0.2, 0.25) is 10.2 Å². The average molecular weight is 406 g/mol. The van der Waals surface area contributed by atoms with Crippen molar-refractivity contribution < 1.29 is 4.55 Å². The van der Waals surface area contributed by atoms with Gasteiger partial charge in [0.15, 0.2) is 0 Å². The average Bonchev–Trinajstić information content (AvgIpc) is 2.59. The minimum atomic E-state index is -1.37. The minimum absolute atomic E-state index is 0.400. The van der Waals surface area contributed by atoms with Crippen LogP contribution in [-0.2, 0) is 11.4 Å². The molecule has 0 spiro atoms. The molecule has 0 amide bonds. The third-order valence-electron chi connectivity index (χ3n) is 3.64.